The molecule has 0 radical (unpaired) electrons. The highest BCUT2D eigenvalue weighted by molar-refractivity contribution is 7.88. The lowest BCUT2D eigenvalue weighted by Crippen LogP contribution is -2.32. The number of pyridine rings is 1. The van der Waals surface area contributed by atoms with Crippen molar-refractivity contribution in [3.05, 3.63) is 48.3 Å². The number of carbonyl (C=O) groups excluding carboxylic acids is 1. The van der Waals surface area contributed by atoms with E-state index < -0.39 is 10.0 Å². The highest BCUT2D eigenvalue weighted by Crippen LogP contribution is 2.32. The summed E-state index contributed by atoms with van der Waals surface area (Å²) in [7, 11) is -3.47. The number of amides is 1. The molecule has 2 aromatic rings. The number of nitrogens with one attached hydrogen (secondary N) is 1. The number of aromatic nitrogens is 1. The van der Waals surface area contributed by atoms with E-state index in [2.05, 4.69) is 10.3 Å². The van der Waals surface area contributed by atoms with Crippen molar-refractivity contribution < 1.29 is 22.7 Å². The molecule has 0 saturated carbocycles. The van der Waals surface area contributed by atoms with Crippen LogP contribution in [0.4, 0.5) is 5.69 Å². The second-order valence-corrected chi connectivity index (χ2v) is 8.06. The Kier molecular flexibility index (Phi) is 5.92. The third-order valence-corrected chi connectivity index (χ3v) is 5.20. The topological polar surface area (TPSA) is 97.8 Å². The van der Waals surface area contributed by atoms with Crippen molar-refractivity contribution in [3.8, 4) is 11.5 Å². The maximum absolute atomic E-state index is 12.2. The number of anilines is 1. The van der Waals surface area contributed by atoms with E-state index in [-0.39, 0.29) is 25.4 Å². The number of hydrogen-bond acceptors (Lipinski definition) is 6. The van der Waals surface area contributed by atoms with E-state index in [9.17, 15) is 13.2 Å². The van der Waals surface area contributed by atoms with Crippen LogP contribution in [0.1, 0.15) is 12.1 Å². The van der Waals surface area contributed by atoms with E-state index in [4.69, 9.17) is 9.47 Å². The summed E-state index contributed by atoms with van der Waals surface area (Å²) in [6, 6.07) is 10.4. The molecule has 0 aliphatic carbocycles. The first-order valence-electron chi connectivity index (χ1n) is 8.46. The molecule has 1 aliphatic rings. The van der Waals surface area contributed by atoms with Crippen molar-refractivity contribution in [3.63, 3.8) is 0 Å². The Morgan fingerprint density at radius 3 is 2.67 bits per heavy atom. The fourth-order valence-electron chi connectivity index (χ4n) is 2.61. The molecular weight excluding hydrogens is 370 g/mol. The van der Waals surface area contributed by atoms with Crippen LogP contribution in [0, 0.1) is 0 Å². The molecule has 0 bridgehead atoms. The van der Waals surface area contributed by atoms with Crippen LogP contribution in [0.2, 0.25) is 0 Å². The van der Waals surface area contributed by atoms with Gasteiger partial charge in [-0.2, -0.15) is 4.31 Å². The lowest BCUT2D eigenvalue weighted by atomic mass is 10.2. The second-order valence-electron chi connectivity index (χ2n) is 6.07. The molecule has 1 amide bonds. The van der Waals surface area contributed by atoms with Crippen molar-refractivity contribution >= 4 is 21.6 Å². The van der Waals surface area contributed by atoms with Crippen molar-refractivity contribution in [1.82, 2.24) is 9.29 Å². The first-order valence-corrected chi connectivity index (χ1v) is 10.3. The molecule has 9 heteroatoms. The number of nitrogens with zero attached hydrogens (tertiary/aromatic N) is 2. The van der Waals surface area contributed by atoms with Gasteiger partial charge in [-0.1, -0.05) is 6.07 Å². The number of ether oxygens (including phenoxy) is 2. The van der Waals surface area contributed by atoms with Crippen molar-refractivity contribution in [2.75, 3.05) is 31.3 Å². The van der Waals surface area contributed by atoms with Crippen molar-refractivity contribution in [2.24, 2.45) is 0 Å². The summed E-state index contributed by atoms with van der Waals surface area (Å²) >= 11 is 0. The monoisotopic (exact) mass is 391 g/mol. The largest absolute Gasteiger partial charge is 0.486 e. The van der Waals surface area contributed by atoms with Crippen LogP contribution in [0.25, 0.3) is 0 Å². The lowest BCUT2D eigenvalue weighted by molar-refractivity contribution is -0.116. The van der Waals surface area contributed by atoms with Crippen LogP contribution in [0.15, 0.2) is 42.6 Å². The zero-order chi connectivity index (χ0) is 19.3. The van der Waals surface area contributed by atoms with Gasteiger partial charge in [-0.15, -0.1) is 0 Å². The minimum absolute atomic E-state index is 0.0222. The zero-order valence-electron chi connectivity index (χ0n) is 14.9. The summed E-state index contributed by atoms with van der Waals surface area (Å²) in [6.45, 7) is 1.14. The SMILES string of the molecule is CS(=O)(=O)N(CCC(=O)Nc1ccc2c(c1)OCCO2)Cc1ccccn1. The second kappa shape index (κ2) is 8.36. The third-order valence-electron chi connectivity index (χ3n) is 3.95. The summed E-state index contributed by atoms with van der Waals surface area (Å²) < 4.78 is 36.2. The van der Waals surface area contributed by atoms with Crippen LogP contribution < -0.4 is 14.8 Å². The number of hydrogen-bond donors (Lipinski definition) is 1. The molecule has 1 N–H and O–H groups in total. The number of fused-ring (bicyclic) bond motifs is 1. The first kappa shape index (κ1) is 19.1. The molecule has 1 aliphatic heterocycles. The van der Waals surface area contributed by atoms with Gasteiger partial charge in [0.25, 0.3) is 0 Å². The van der Waals surface area contributed by atoms with Gasteiger partial charge >= 0.3 is 0 Å². The molecule has 2 heterocycles. The van der Waals surface area contributed by atoms with Gasteiger partial charge in [0.2, 0.25) is 15.9 Å². The Morgan fingerprint density at radius 1 is 1.19 bits per heavy atom. The fourth-order valence-corrected chi connectivity index (χ4v) is 3.40. The van der Waals surface area contributed by atoms with E-state index in [0.29, 0.717) is 36.1 Å². The average molecular weight is 391 g/mol. The van der Waals surface area contributed by atoms with Gasteiger partial charge in [-0.25, -0.2) is 8.42 Å². The van der Waals surface area contributed by atoms with E-state index >= 15 is 0 Å². The first-order chi connectivity index (χ1) is 12.9. The van der Waals surface area contributed by atoms with Crippen LogP contribution in [-0.4, -0.2) is 49.6 Å². The highest BCUT2D eigenvalue weighted by atomic mass is 32.2. The molecule has 1 aromatic carbocycles. The Hall–Kier alpha value is -2.65. The quantitative estimate of drug-likeness (QED) is 0.771. The normalized spacial score (nSPS) is 13.4. The fraction of sp³-hybridized carbons (Fsp3) is 0.333. The summed E-state index contributed by atoms with van der Waals surface area (Å²) in [6.07, 6.45) is 2.74. The van der Waals surface area contributed by atoms with Crippen LogP contribution in [0.3, 0.4) is 0 Å². The molecule has 0 saturated heterocycles. The van der Waals surface area contributed by atoms with Gasteiger partial charge in [-0.3, -0.25) is 9.78 Å². The minimum Gasteiger partial charge on any atom is -0.486 e. The van der Waals surface area contributed by atoms with Crippen molar-refractivity contribution in [1.29, 1.82) is 0 Å². The van der Waals surface area contributed by atoms with E-state index in [1.54, 1.807) is 42.6 Å². The number of carbonyl (C=O) groups is 1. The van der Waals surface area contributed by atoms with E-state index in [0.717, 1.165) is 6.26 Å². The lowest BCUT2D eigenvalue weighted by Gasteiger charge is -2.20. The number of benzene rings is 1. The van der Waals surface area contributed by atoms with Crippen molar-refractivity contribution in [2.45, 2.75) is 13.0 Å². The summed E-state index contributed by atoms with van der Waals surface area (Å²) in [5, 5.41) is 2.75. The molecule has 0 atom stereocenters. The Labute approximate surface area is 158 Å². The maximum Gasteiger partial charge on any atom is 0.225 e. The highest BCUT2D eigenvalue weighted by Gasteiger charge is 2.19. The molecule has 144 valence electrons. The van der Waals surface area contributed by atoms with Gasteiger partial charge in [0.05, 0.1) is 18.5 Å². The Balaban J connectivity index is 1.59. The summed E-state index contributed by atoms with van der Waals surface area (Å²) in [5.74, 6) is 0.922. The average Bonchev–Trinajstić information content (AvgIpc) is 2.65. The van der Waals surface area contributed by atoms with Crippen LogP contribution >= 0.6 is 0 Å². The van der Waals surface area contributed by atoms with Gasteiger partial charge in [-0.05, 0) is 24.3 Å². The zero-order valence-corrected chi connectivity index (χ0v) is 15.7. The molecule has 8 nitrogen and oxygen atoms in total. The Bertz CT molecular complexity index is 902. The van der Waals surface area contributed by atoms with E-state index in [1.807, 2.05) is 0 Å². The molecule has 27 heavy (non-hydrogen) atoms. The van der Waals surface area contributed by atoms with E-state index in [1.165, 1.54) is 4.31 Å². The molecule has 0 spiro atoms. The molecule has 1 aromatic heterocycles. The van der Waals surface area contributed by atoms with Gasteiger partial charge in [0.15, 0.2) is 11.5 Å². The summed E-state index contributed by atoms with van der Waals surface area (Å²) in [4.78, 5) is 16.4. The van der Waals surface area contributed by atoms with Gasteiger partial charge in [0, 0.05) is 30.9 Å². The maximum atomic E-state index is 12.2. The van der Waals surface area contributed by atoms with Crippen LogP contribution in [-0.2, 0) is 21.4 Å². The third kappa shape index (κ3) is 5.41. The summed E-state index contributed by atoms with van der Waals surface area (Å²) in [5.41, 5.74) is 1.19. The van der Waals surface area contributed by atoms with Gasteiger partial charge < -0.3 is 14.8 Å². The smallest absolute Gasteiger partial charge is 0.225 e. The predicted molar refractivity (Wildman–Crippen MR) is 100 cm³/mol. The standard InChI is InChI=1S/C18H21N3O5S/c1-27(23,24)21(13-15-4-2-3-8-19-15)9-7-18(22)20-14-5-6-16-17(12-14)26-11-10-25-16/h2-6,8,12H,7,9-11,13H2,1H3,(H,20,22). The molecular formula is C18H21N3O5S. The Morgan fingerprint density at radius 2 is 1.96 bits per heavy atom. The minimum atomic E-state index is -3.47. The molecule has 0 unspecified atom stereocenters. The predicted octanol–water partition coefficient (Wildman–Crippen LogP) is 1.64. The number of sulfonamides is 1. The molecule has 3 rings (SSSR count). The van der Waals surface area contributed by atoms with Gasteiger partial charge in [0.1, 0.15) is 13.2 Å². The molecule has 0 fully saturated rings. The van der Waals surface area contributed by atoms with Crippen LogP contribution in [0.5, 0.6) is 11.5 Å². The number of rotatable bonds is 7.